The van der Waals surface area contributed by atoms with E-state index >= 15 is 0 Å². The number of hydrogen-bond acceptors (Lipinski definition) is 5. The molecular weight excluding hydrogens is 242 g/mol. The van der Waals surface area contributed by atoms with E-state index in [4.69, 9.17) is 9.26 Å². The molecule has 1 N–H and O–H groups in total. The predicted octanol–water partition coefficient (Wildman–Crippen LogP) is 2.20. The maximum atomic E-state index is 5.32. The third-order valence-electron chi connectivity index (χ3n) is 3.11. The Labute approximate surface area is 113 Å². The SMILES string of the molecule is CNC(C)Cc1noc(-c2ccc(OC)cc2C)n1. The van der Waals surface area contributed by atoms with Crippen molar-refractivity contribution in [3.63, 3.8) is 0 Å². The van der Waals surface area contributed by atoms with Crippen molar-refractivity contribution in [3.8, 4) is 17.2 Å². The summed E-state index contributed by atoms with van der Waals surface area (Å²) in [6.45, 7) is 4.08. The van der Waals surface area contributed by atoms with Gasteiger partial charge in [-0.15, -0.1) is 0 Å². The van der Waals surface area contributed by atoms with Crippen LogP contribution in [0.4, 0.5) is 0 Å². The van der Waals surface area contributed by atoms with Gasteiger partial charge in [-0.25, -0.2) is 0 Å². The van der Waals surface area contributed by atoms with Crippen molar-refractivity contribution >= 4 is 0 Å². The summed E-state index contributed by atoms with van der Waals surface area (Å²) in [5.74, 6) is 2.09. The third kappa shape index (κ3) is 3.12. The van der Waals surface area contributed by atoms with E-state index in [0.29, 0.717) is 17.8 Å². The van der Waals surface area contributed by atoms with E-state index in [1.807, 2.05) is 32.2 Å². The Morgan fingerprint density at radius 2 is 2.21 bits per heavy atom. The zero-order valence-corrected chi connectivity index (χ0v) is 11.7. The second-order valence-corrected chi connectivity index (χ2v) is 4.59. The summed E-state index contributed by atoms with van der Waals surface area (Å²) >= 11 is 0. The molecule has 5 heteroatoms. The lowest BCUT2D eigenvalue weighted by Gasteiger charge is -2.05. The summed E-state index contributed by atoms with van der Waals surface area (Å²) in [5, 5.41) is 7.16. The molecular formula is C14H19N3O2. The smallest absolute Gasteiger partial charge is 0.258 e. The monoisotopic (exact) mass is 261 g/mol. The highest BCUT2D eigenvalue weighted by atomic mass is 16.5. The molecule has 1 aromatic carbocycles. The van der Waals surface area contributed by atoms with E-state index in [9.17, 15) is 0 Å². The van der Waals surface area contributed by atoms with Crippen molar-refractivity contribution in [2.24, 2.45) is 0 Å². The van der Waals surface area contributed by atoms with Crippen molar-refractivity contribution in [2.75, 3.05) is 14.2 Å². The number of aryl methyl sites for hydroxylation is 1. The molecule has 0 saturated heterocycles. The Balaban J connectivity index is 2.23. The van der Waals surface area contributed by atoms with Crippen LogP contribution < -0.4 is 10.1 Å². The van der Waals surface area contributed by atoms with Gasteiger partial charge in [0.05, 0.1) is 7.11 Å². The molecule has 0 radical (unpaired) electrons. The van der Waals surface area contributed by atoms with Crippen molar-refractivity contribution in [1.82, 2.24) is 15.5 Å². The molecule has 1 unspecified atom stereocenters. The molecule has 1 heterocycles. The normalized spacial score (nSPS) is 12.4. The van der Waals surface area contributed by atoms with Crippen molar-refractivity contribution in [1.29, 1.82) is 0 Å². The Morgan fingerprint density at radius 1 is 1.42 bits per heavy atom. The van der Waals surface area contributed by atoms with Crippen LogP contribution in [0.25, 0.3) is 11.5 Å². The van der Waals surface area contributed by atoms with Gasteiger partial charge in [0.2, 0.25) is 0 Å². The number of methoxy groups -OCH3 is 1. The highest BCUT2D eigenvalue weighted by Gasteiger charge is 2.13. The molecule has 0 aliphatic rings. The van der Waals surface area contributed by atoms with Crippen molar-refractivity contribution in [2.45, 2.75) is 26.3 Å². The van der Waals surface area contributed by atoms with Crippen LogP contribution in [-0.4, -0.2) is 30.3 Å². The number of benzene rings is 1. The van der Waals surface area contributed by atoms with Gasteiger partial charge in [0.1, 0.15) is 5.75 Å². The molecule has 2 aromatic rings. The molecule has 1 atom stereocenters. The van der Waals surface area contributed by atoms with E-state index in [-0.39, 0.29) is 0 Å². The third-order valence-corrected chi connectivity index (χ3v) is 3.11. The van der Waals surface area contributed by atoms with E-state index in [1.54, 1.807) is 7.11 Å². The van der Waals surface area contributed by atoms with Crippen LogP contribution in [0.5, 0.6) is 5.75 Å². The first-order chi connectivity index (χ1) is 9.13. The molecule has 5 nitrogen and oxygen atoms in total. The van der Waals surface area contributed by atoms with Gasteiger partial charge in [0, 0.05) is 18.0 Å². The zero-order chi connectivity index (χ0) is 13.8. The van der Waals surface area contributed by atoms with Crippen LogP contribution in [0.2, 0.25) is 0 Å². The van der Waals surface area contributed by atoms with Crippen molar-refractivity contribution in [3.05, 3.63) is 29.6 Å². The average Bonchev–Trinajstić information content (AvgIpc) is 2.86. The van der Waals surface area contributed by atoms with Crippen LogP contribution in [0, 0.1) is 6.92 Å². The first-order valence-electron chi connectivity index (χ1n) is 6.29. The Bertz CT molecular complexity index is 551. The molecule has 0 aliphatic carbocycles. The lowest BCUT2D eigenvalue weighted by Crippen LogP contribution is -2.24. The molecule has 1 aromatic heterocycles. The van der Waals surface area contributed by atoms with Gasteiger partial charge in [0.15, 0.2) is 5.82 Å². The second-order valence-electron chi connectivity index (χ2n) is 4.59. The Kier molecular flexibility index (Phi) is 4.16. The predicted molar refractivity (Wildman–Crippen MR) is 73.2 cm³/mol. The zero-order valence-electron chi connectivity index (χ0n) is 11.7. The fraction of sp³-hybridized carbons (Fsp3) is 0.429. The van der Waals surface area contributed by atoms with Crippen LogP contribution in [0.3, 0.4) is 0 Å². The van der Waals surface area contributed by atoms with E-state index < -0.39 is 0 Å². The minimum absolute atomic E-state index is 0.322. The Hall–Kier alpha value is -1.88. The number of hydrogen-bond donors (Lipinski definition) is 1. The number of likely N-dealkylation sites (N-methyl/N-ethyl adjacent to an activating group) is 1. The number of ether oxygens (including phenoxy) is 1. The van der Waals surface area contributed by atoms with Gasteiger partial charge in [-0.3, -0.25) is 0 Å². The molecule has 102 valence electrons. The minimum atomic E-state index is 0.322. The van der Waals surface area contributed by atoms with Gasteiger partial charge in [0.25, 0.3) is 5.89 Å². The van der Waals surface area contributed by atoms with E-state index in [0.717, 1.165) is 23.3 Å². The van der Waals surface area contributed by atoms with Crippen LogP contribution >= 0.6 is 0 Å². The van der Waals surface area contributed by atoms with Crippen LogP contribution in [0.15, 0.2) is 22.7 Å². The first kappa shape index (κ1) is 13.5. The number of nitrogens with zero attached hydrogens (tertiary/aromatic N) is 2. The summed E-state index contributed by atoms with van der Waals surface area (Å²) in [7, 11) is 3.57. The number of aromatic nitrogens is 2. The lowest BCUT2D eigenvalue weighted by atomic mass is 10.1. The van der Waals surface area contributed by atoms with Gasteiger partial charge < -0.3 is 14.6 Å². The molecule has 0 aliphatic heterocycles. The Morgan fingerprint density at radius 3 is 2.84 bits per heavy atom. The van der Waals surface area contributed by atoms with Crippen LogP contribution in [-0.2, 0) is 6.42 Å². The highest BCUT2D eigenvalue weighted by molar-refractivity contribution is 5.59. The minimum Gasteiger partial charge on any atom is -0.497 e. The summed E-state index contributed by atoms with van der Waals surface area (Å²) in [6, 6.07) is 6.10. The van der Waals surface area contributed by atoms with E-state index in [2.05, 4.69) is 22.4 Å². The summed E-state index contributed by atoms with van der Waals surface area (Å²) in [6.07, 6.45) is 0.745. The summed E-state index contributed by atoms with van der Waals surface area (Å²) in [5.41, 5.74) is 1.99. The topological polar surface area (TPSA) is 60.2 Å². The summed E-state index contributed by atoms with van der Waals surface area (Å²) < 4.78 is 10.5. The molecule has 2 rings (SSSR count). The maximum Gasteiger partial charge on any atom is 0.258 e. The van der Waals surface area contributed by atoms with E-state index in [1.165, 1.54) is 0 Å². The summed E-state index contributed by atoms with van der Waals surface area (Å²) in [4.78, 5) is 4.43. The first-order valence-corrected chi connectivity index (χ1v) is 6.29. The van der Waals surface area contributed by atoms with Gasteiger partial charge >= 0.3 is 0 Å². The lowest BCUT2D eigenvalue weighted by molar-refractivity contribution is 0.412. The largest absolute Gasteiger partial charge is 0.497 e. The van der Waals surface area contributed by atoms with Crippen LogP contribution in [0.1, 0.15) is 18.3 Å². The molecule has 0 bridgehead atoms. The molecule has 0 saturated carbocycles. The quantitative estimate of drug-likeness (QED) is 0.894. The maximum absolute atomic E-state index is 5.32. The standard InChI is InChI=1S/C14H19N3O2/c1-9-7-11(18-4)5-6-12(9)14-16-13(17-19-14)8-10(2)15-3/h5-7,10,15H,8H2,1-4H3. The fourth-order valence-corrected chi connectivity index (χ4v) is 1.83. The number of rotatable bonds is 5. The molecule has 19 heavy (non-hydrogen) atoms. The van der Waals surface area contributed by atoms with Gasteiger partial charge in [-0.2, -0.15) is 4.98 Å². The number of nitrogens with one attached hydrogen (secondary N) is 1. The average molecular weight is 261 g/mol. The second kappa shape index (κ2) is 5.84. The van der Waals surface area contributed by atoms with Crippen molar-refractivity contribution < 1.29 is 9.26 Å². The molecule has 0 fully saturated rings. The van der Waals surface area contributed by atoms with Gasteiger partial charge in [-0.05, 0) is 44.7 Å². The van der Waals surface area contributed by atoms with Gasteiger partial charge in [-0.1, -0.05) is 5.16 Å². The fourth-order valence-electron chi connectivity index (χ4n) is 1.83. The highest BCUT2D eigenvalue weighted by Crippen LogP contribution is 2.25. The molecule has 0 amide bonds. The molecule has 0 spiro atoms.